The summed E-state index contributed by atoms with van der Waals surface area (Å²) >= 11 is 0. The van der Waals surface area contributed by atoms with Crippen LogP contribution in [-0.4, -0.2) is 27.3 Å². The van der Waals surface area contributed by atoms with Crippen molar-refractivity contribution < 1.29 is 4.79 Å². The van der Waals surface area contributed by atoms with Crippen molar-refractivity contribution in [3.05, 3.63) is 65.5 Å². The second-order valence-electron chi connectivity index (χ2n) is 7.15. The standard InChI is InChI=1S/C22H25N3O/c1-3-16-10-12-17(13-11-16)15(2)22(26)25-14-6-9-20(25)21-23-18-7-4-5-8-19(18)24-21/h4-5,7-8,10-13,15,20H,3,6,9,14H2,1-2H3,(H,23,24). The van der Waals surface area contributed by atoms with Gasteiger partial charge in [-0.3, -0.25) is 4.79 Å². The molecule has 0 aliphatic carbocycles. The summed E-state index contributed by atoms with van der Waals surface area (Å²) in [5.74, 6) is 0.966. The van der Waals surface area contributed by atoms with E-state index < -0.39 is 0 Å². The van der Waals surface area contributed by atoms with E-state index in [1.165, 1.54) is 5.56 Å². The summed E-state index contributed by atoms with van der Waals surface area (Å²) in [4.78, 5) is 23.3. The summed E-state index contributed by atoms with van der Waals surface area (Å²) in [5, 5.41) is 0. The van der Waals surface area contributed by atoms with E-state index in [4.69, 9.17) is 4.98 Å². The molecule has 1 saturated heterocycles. The average molecular weight is 347 g/mol. The van der Waals surface area contributed by atoms with Crippen LogP contribution < -0.4 is 0 Å². The number of nitrogens with zero attached hydrogens (tertiary/aromatic N) is 2. The van der Waals surface area contributed by atoms with Crippen molar-refractivity contribution in [2.24, 2.45) is 0 Å². The highest BCUT2D eigenvalue weighted by molar-refractivity contribution is 5.84. The number of aromatic nitrogens is 2. The molecule has 2 heterocycles. The molecule has 26 heavy (non-hydrogen) atoms. The number of amides is 1. The van der Waals surface area contributed by atoms with Gasteiger partial charge in [-0.2, -0.15) is 0 Å². The summed E-state index contributed by atoms with van der Waals surface area (Å²) in [6.45, 7) is 4.96. The fraction of sp³-hybridized carbons (Fsp3) is 0.364. The lowest BCUT2D eigenvalue weighted by Gasteiger charge is -2.26. The summed E-state index contributed by atoms with van der Waals surface area (Å²) in [6.07, 6.45) is 3.00. The van der Waals surface area contributed by atoms with Crippen LogP contribution in [0, 0.1) is 0 Å². The Morgan fingerprint density at radius 1 is 1.23 bits per heavy atom. The molecule has 0 radical (unpaired) electrons. The van der Waals surface area contributed by atoms with Crippen molar-refractivity contribution >= 4 is 16.9 Å². The van der Waals surface area contributed by atoms with Gasteiger partial charge in [-0.1, -0.05) is 43.3 Å². The molecule has 0 bridgehead atoms. The van der Waals surface area contributed by atoms with Crippen molar-refractivity contribution in [2.75, 3.05) is 6.54 Å². The molecule has 0 spiro atoms. The number of aromatic amines is 1. The van der Waals surface area contributed by atoms with Crippen LogP contribution in [-0.2, 0) is 11.2 Å². The predicted molar refractivity (Wildman–Crippen MR) is 104 cm³/mol. The lowest BCUT2D eigenvalue weighted by Crippen LogP contribution is -2.34. The Kier molecular flexibility index (Phi) is 4.49. The zero-order chi connectivity index (χ0) is 18.1. The van der Waals surface area contributed by atoms with Crippen molar-refractivity contribution in [2.45, 2.75) is 45.1 Å². The van der Waals surface area contributed by atoms with Gasteiger partial charge in [0.25, 0.3) is 0 Å². The Balaban J connectivity index is 1.57. The number of para-hydroxylation sites is 2. The SMILES string of the molecule is CCc1ccc(C(C)C(=O)N2CCCC2c2nc3ccccc3[nH]2)cc1. The minimum absolute atomic E-state index is 0.0484. The number of fused-ring (bicyclic) bond motifs is 1. The number of benzene rings is 2. The fourth-order valence-electron chi connectivity index (χ4n) is 3.88. The van der Waals surface area contributed by atoms with E-state index in [1.54, 1.807) is 0 Å². The topological polar surface area (TPSA) is 49.0 Å². The molecule has 134 valence electrons. The molecule has 2 atom stereocenters. The third-order valence-electron chi connectivity index (χ3n) is 5.52. The molecule has 1 aliphatic heterocycles. The minimum Gasteiger partial charge on any atom is -0.340 e. The lowest BCUT2D eigenvalue weighted by atomic mass is 9.97. The first-order valence-electron chi connectivity index (χ1n) is 9.51. The quantitative estimate of drug-likeness (QED) is 0.750. The Morgan fingerprint density at radius 2 is 2.00 bits per heavy atom. The van der Waals surface area contributed by atoms with Crippen molar-refractivity contribution in [1.82, 2.24) is 14.9 Å². The summed E-state index contributed by atoms with van der Waals surface area (Å²) in [7, 11) is 0. The first-order chi connectivity index (χ1) is 12.7. The van der Waals surface area contributed by atoms with Crippen LogP contribution in [0.25, 0.3) is 11.0 Å². The molecular formula is C22H25N3O. The first kappa shape index (κ1) is 16.8. The summed E-state index contributed by atoms with van der Waals surface area (Å²) in [6, 6.07) is 16.5. The molecule has 3 aromatic rings. The highest BCUT2D eigenvalue weighted by Gasteiger charge is 2.34. The molecular weight excluding hydrogens is 322 g/mol. The lowest BCUT2D eigenvalue weighted by molar-refractivity contribution is -0.133. The van der Waals surface area contributed by atoms with Crippen LogP contribution in [0.4, 0.5) is 0 Å². The molecule has 1 aromatic heterocycles. The fourth-order valence-corrected chi connectivity index (χ4v) is 3.88. The molecule has 4 nitrogen and oxygen atoms in total. The number of aryl methyl sites for hydroxylation is 1. The molecule has 1 amide bonds. The van der Waals surface area contributed by atoms with E-state index in [0.717, 1.165) is 48.2 Å². The molecule has 1 fully saturated rings. The van der Waals surface area contributed by atoms with E-state index in [2.05, 4.69) is 36.2 Å². The number of likely N-dealkylation sites (tertiary alicyclic amines) is 1. The van der Waals surface area contributed by atoms with Gasteiger partial charge in [0.05, 0.1) is 23.0 Å². The number of H-pyrrole nitrogens is 1. The number of carbonyl (C=O) groups excluding carboxylic acids is 1. The van der Waals surface area contributed by atoms with Gasteiger partial charge >= 0.3 is 0 Å². The second kappa shape index (κ2) is 6.94. The highest BCUT2D eigenvalue weighted by atomic mass is 16.2. The van der Waals surface area contributed by atoms with Crippen LogP contribution in [0.15, 0.2) is 48.5 Å². The van der Waals surface area contributed by atoms with Crippen LogP contribution in [0.5, 0.6) is 0 Å². The number of hydrogen-bond acceptors (Lipinski definition) is 2. The van der Waals surface area contributed by atoms with Crippen molar-refractivity contribution in [1.29, 1.82) is 0 Å². The molecule has 0 saturated carbocycles. The molecule has 1 aliphatic rings. The zero-order valence-corrected chi connectivity index (χ0v) is 15.4. The van der Waals surface area contributed by atoms with Crippen molar-refractivity contribution in [3.63, 3.8) is 0 Å². The van der Waals surface area contributed by atoms with E-state index in [-0.39, 0.29) is 17.9 Å². The van der Waals surface area contributed by atoms with E-state index in [9.17, 15) is 4.79 Å². The van der Waals surface area contributed by atoms with Crippen LogP contribution >= 0.6 is 0 Å². The predicted octanol–water partition coefficient (Wildman–Crippen LogP) is 4.59. The third kappa shape index (κ3) is 3.00. The van der Waals surface area contributed by atoms with Crippen LogP contribution in [0.3, 0.4) is 0 Å². The van der Waals surface area contributed by atoms with Gasteiger partial charge in [-0.15, -0.1) is 0 Å². The number of hydrogen-bond donors (Lipinski definition) is 1. The van der Waals surface area contributed by atoms with Gasteiger partial charge < -0.3 is 9.88 Å². The largest absolute Gasteiger partial charge is 0.340 e. The molecule has 1 N–H and O–H groups in total. The smallest absolute Gasteiger partial charge is 0.230 e. The Hall–Kier alpha value is -2.62. The number of nitrogens with one attached hydrogen (secondary N) is 1. The van der Waals surface area contributed by atoms with Gasteiger partial charge in [-0.25, -0.2) is 4.98 Å². The number of rotatable bonds is 4. The van der Waals surface area contributed by atoms with Gasteiger partial charge in [0.1, 0.15) is 5.82 Å². The molecule has 2 aromatic carbocycles. The maximum atomic E-state index is 13.2. The second-order valence-corrected chi connectivity index (χ2v) is 7.15. The monoisotopic (exact) mass is 347 g/mol. The molecule has 4 heteroatoms. The maximum Gasteiger partial charge on any atom is 0.230 e. The Bertz CT molecular complexity index is 880. The van der Waals surface area contributed by atoms with Gasteiger partial charge in [0, 0.05) is 6.54 Å². The first-order valence-corrected chi connectivity index (χ1v) is 9.51. The van der Waals surface area contributed by atoms with Gasteiger partial charge in [0.15, 0.2) is 0 Å². The van der Waals surface area contributed by atoms with Crippen LogP contribution in [0.2, 0.25) is 0 Å². The molecule has 4 rings (SSSR count). The minimum atomic E-state index is -0.133. The van der Waals surface area contributed by atoms with Gasteiger partial charge in [-0.05, 0) is 49.4 Å². The van der Waals surface area contributed by atoms with Crippen molar-refractivity contribution in [3.8, 4) is 0 Å². The highest BCUT2D eigenvalue weighted by Crippen LogP contribution is 2.34. The van der Waals surface area contributed by atoms with E-state index in [0.29, 0.717) is 0 Å². The summed E-state index contributed by atoms with van der Waals surface area (Å²) < 4.78 is 0. The summed E-state index contributed by atoms with van der Waals surface area (Å²) in [5.41, 5.74) is 4.38. The van der Waals surface area contributed by atoms with E-state index in [1.807, 2.05) is 36.1 Å². The number of carbonyl (C=O) groups is 1. The Labute approximate surface area is 154 Å². The molecule has 2 unspecified atom stereocenters. The van der Waals surface area contributed by atoms with E-state index >= 15 is 0 Å². The van der Waals surface area contributed by atoms with Crippen LogP contribution in [0.1, 0.15) is 55.6 Å². The number of imidazole rings is 1. The van der Waals surface area contributed by atoms with Gasteiger partial charge in [0.2, 0.25) is 5.91 Å². The maximum absolute atomic E-state index is 13.2. The average Bonchev–Trinajstić information content (AvgIpc) is 3.33. The normalized spacial score (nSPS) is 18.4. The Morgan fingerprint density at radius 3 is 2.73 bits per heavy atom. The zero-order valence-electron chi connectivity index (χ0n) is 15.4. The third-order valence-corrected chi connectivity index (χ3v) is 5.52.